The number of sulfonamides is 1. The van der Waals surface area contributed by atoms with E-state index >= 15 is 0 Å². The Hall–Kier alpha value is -1.41. The molecule has 2 rings (SSSR count). The fraction of sp³-hybridized carbons (Fsp3) is 0.214. The average molecular weight is 359 g/mol. The lowest BCUT2D eigenvalue weighted by molar-refractivity contribution is 0.0785. The highest BCUT2D eigenvalue weighted by atomic mass is 35.5. The lowest BCUT2D eigenvalue weighted by atomic mass is 10.1. The van der Waals surface area contributed by atoms with Crippen LogP contribution in [0.4, 0.5) is 0 Å². The largest absolute Gasteiger partial charge is 0.337 e. The van der Waals surface area contributed by atoms with E-state index in [0.717, 1.165) is 4.88 Å². The minimum Gasteiger partial charge on any atom is -0.337 e. The van der Waals surface area contributed by atoms with E-state index in [0.29, 0.717) is 22.0 Å². The third-order valence-corrected chi connectivity index (χ3v) is 5.26. The lowest BCUT2D eigenvalue weighted by Gasteiger charge is -2.18. The minimum atomic E-state index is -3.84. The zero-order valence-corrected chi connectivity index (χ0v) is 14.4. The Morgan fingerprint density at radius 2 is 2.00 bits per heavy atom. The molecule has 0 aliphatic heterocycles. The maximum absolute atomic E-state index is 12.5. The molecule has 0 aliphatic carbocycles. The predicted octanol–water partition coefficient (Wildman–Crippen LogP) is 2.63. The molecular formula is C14H15ClN2O3S2. The molecule has 2 aromatic rings. The molecular weight excluding hydrogens is 344 g/mol. The van der Waals surface area contributed by atoms with E-state index in [2.05, 4.69) is 0 Å². The summed E-state index contributed by atoms with van der Waals surface area (Å²) in [6.45, 7) is 2.14. The molecule has 22 heavy (non-hydrogen) atoms. The van der Waals surface area contributed by atoms with Gasteiger partial charge in [-0.15, -0.1) is 11.3 Å². The van der Waals surface area contributed by atoms with Crippen LogP contribution in [0.25, 0.3) is 0 Å². The molecule has 118 valence electrons. The van der Waals surface area contributed by atoms with Crippen LogP contribution in [0, 0.1) is 6.92 Å². The van der Waals surface area contributed by atoms with Crippen LogP contribution in [0.1, 0.15) is 20.8 Å². The fourth-order valence-corrected chi connectivity index (χ4v) is 3.64. The number of nitrogens with zero attached hydrogens (tertiary/aromatic N) is 1. The van der Waals surface area contributed by atoms with Gasteiger partial charge in [0.25, 0.3) is 5.91 Å². The number of rotatable bonds is 4. The van der Waals surface area contributed by atoms with Gasteiger partial charge in [0, 0.05) is 17.5 Å². The maximum Gasteiger partial charge on any atom is 0.254 e. The first-order valence-corrected chi connectivity index (χ1v) is 9.05. The highest BCUT2D eigenvalue weighted by molar-refractivity contribution is 7.89. The number of amides is 1. The zero-order valence-electron chi connectivity index (χ0n) is 12.0. The van der Waals surface area contributed by atoms with E-state index in [1.807, 2.05) is 6.07 Å². The van der Waals surface area contributed by atoms with Crippen molar-refractivity contribution >= 4 is 38.9 Å². The van der Waals surface area contributed by atoms with E-state index in [-0.39, 0.29) is 10.8 Å². The van der Waals surface area contributed by atoms with Crippen molar-refractivity contribution in [3.05, 3.63) is 50.7 Å². The van der Waals surface area contributed by atoms with E-state index in [1.54, 1.807) is 26.1 Å². The number of thiophene rings is 1. The predicted molar refractivity (Wildman–Crippen MR) is 87.7 cm³/mol. The monoisotopic (exact) mass is 358 g/mol. The van der Waals surface area contributed by atoms with E-state index in [1.165, 1.54) is 28.4 Å². The molecule has 1 aromatic heterocycles. The minimum absolute atomic E-state index is 0.0750. The quantitative estimate of drug-likeness (QED) is 0.912. The summed E-state index contributed by atoms with van der Waals surface area (Å²) in [6, 6.07) is 7.89. The van der Waals surface area contributed by atoms with Crippen molar-refractivity contribution in [1.82, 2.24) is 4.90 Å². The molecule has 1 aromatic carbocycles. The molecule has 0 spiro atoms. The lowest BCUT2D eigenvalue weighted by Crippen LogP contribution is -2.27. The third kappa shape index (κ3) is 3.86. The highest BCUT2D eigenvalue weighted by Crippen LogP contribution is 2.23. The second-order valence-corrected chi connectivity index (χ2v) is 8.25. The number of halogens is 1. The maximum atomic E-state index is 12.5. The van der Waals surface area contributed by atoms with Crippen molar-refractivity contribution in [2.24, 2.45) is 5.14 Å². The number of primary sulfonamides is 1. The molecule has 0 atom stereocenters. The summed E-state index contributed by atoms with van der Waals surface area (Å²) in [6.07, 6.45) is 0. The van der Waals surface area contributed by atoms with Crippen molar-refractivity contribution in [3.8, 4) is 0 Å². The van der Waals surface area contributed by atoms with Gasteiger partial charge in [0.2, 0.25) is 10.0 Å². The molecule has 0 fully saturated rings. The standard InChI is InChI=1S/C14H15ClN2O3S2/c1-9-3-5-11(22(16,19)20)7-12(9)14(18)17(2)8-10-4-6-13(15)21-10/h3-7H,8H2,1-2H3,(H2,16,19,20). The van der Waals surface area contributed by atoms with Gasteiger partial charge in [-0.05, 0) is 36.8 Å². The Morgan fingerprint density at radius 3 is 2.55 bits per heavy atom. The summed E-state index contributed by atoms with van der Waals surface area (Å²) in [5.74, 6) is -0.271. The molecule has 0 saturated carbocycles. The molecule has 0 unspecified atom stereocenters. The molecule has 1 amide bonds. The van der Waals surface area contributed by atoms with E-state index < -0.39 is 10.0 Å². The number of aryl methyl sites for hydroxylation is 1. The molecule has 8 heteroatoms. The van der Waals surface area contributed by atoms with Gasteiger partial charge < -0.3 is 4.90 Å². The first-order chi connectivity index (χ1) is 10.2. The van der Waals surface area contributed by atoms with E-state index in [4.69, 9.17) is 16.7 Å². The Kier molecular flexibility index (Phi) is 4.91. The normalized spacial score (nSPS) is 11.5. The van der Waals surface area contributed by atoms with Crippen molar-refractivity contribution in [2.75, 3.05) is 7.05 Å². The fourth-order valence-electron chi connectivity index (χ4n) is 1.96. The third-order valence-electron chi connectivity index (χ3n) is 3.14. The van der Waals surface area contributed by atoms with Crippen LogP contribution in [0.3, 0.4) is 0 Å². The van der Waals surface area contributed by atoms with Gasteiger partial charge >= 0.3 is 0 Å². The molecule has 2 N–H and O–H groups in total. The summed E-state index contributed by atoms with van der Waals surface area (Å²) >= 11 is 7.27. The number of carbonyl (C=O) groups excluding carboxylic acids is 1. The topological polar surface area (TPSA) is 80.5 Å². The molecule has 1 heterocycles. The highest BCUT2D eigenvalue weighted by Gasteiger charge is 2.18. The van der Waals surface area contributed by atoms with Crippen LogP contribution in [0.15, 0.2) is 35.2 Å². The van der Waals surface area contributed by atoms with E-state index in [9.17, 15) is 13.2 Å². The molecule has 0 bridgehead atoms. The summed E-state index contributed by atoms with van der Waals surface area (Å²) in [4.78, 5) is 14.9. The van der Waals surface area contributed by atoms with Gasteiger partial charge in [-0.2, -0.15) is 0 Å². The van der Waals surface area contributed by atoms with Crippen molar-refractivity contribution in [2.45, 2.75) is 18.4 Å². The van der Waals surface area contributed by atoms with Gasteiger partial charge in [-0.1, -0.05) is 17.7 Å². The second kappa shape index (κ2) is 6.37. The summed E-state index contributed by atoms with van der Waals surface area (Å²) in [7, 11) is -2.19. The van der Waals surface area contributed by atoms with Gasteiger partial charge in [0.05, 0.1) is 15.8 Å². The Morgan fingerprint density at radius 1 is 1.32 bits per heavy atom. The van der Waals surface area contributed by atoms with Gasteiger partial charge in [0.1, 0.15) is 0 Å². The first kappa shape index (κ1) is 17.0. The van der Waals surface area contributed by atoms with Crippen molar-refractivity contribution in [1.29, 1.82) is 0 Å². The number of hydrogen-bond donors (Lipinski definition) is 1. The zero-order chi connectivity index (χ0) is 16.5. The Balaban J connectivity index is 2.28. The van der Waals surface area contributed by atoms with Crippen LogP contribution >= 0.6 is 22.9 Å². The van der Waals surface area contributed by atoms with Gasteiger partial charge in [-0.3, -0.25) is 4.79 Å². The van der Waals surface area contributed by atoms with Crippen LogP contribution in [-0.2, 0) is 16.6 Å². The second-order valence-electron chi connectivity index (χ2n) is 4.89. The first-order valence-electron chi connectivity index (χ1n) is 6.31. The van der Waals surface area contributed by atoms with Gasteiger partial charge in [-0.25, -0.2) is 13.6 Å². The smallest absolute Gasteiger partial charge is 0.254 e. The summed E-state index contributed by atoms with van der Waals surface area (Å²) < 4.78 is 23.5. The van der Waals surface area contributed by atoms with Crippen LogP contribution in [0.5, 0.6) is 0 Å². The van der Waals surface area contributed by atoms with Crippen LogP contribution < -0.4 is 5.14 Å². The number of benzene rings is 1. The summed E-state index contributed by atoms with van der Waals surface area (Å²) in [5, 5.41) is 5.11. The van der Waals surface area contributed by atoms with Crippen molar-refractivity contribution < 1.29 is 13.2 Å². The SMILES string of the molecule is Cc1ccc(S(N)(=O)=O)cc1C(=O)N(C)Cc1ccc(Cl)s1. The number of nitrogens with two attached hydrogens (primary N) is 1. The van der Waals surface area contributed by atoms with Crippen LogP contribution in [-0.4, -0.2) is 26.3 Å². The molecule has 5 nitrogen and oxygen atoms in total. The number of carbonyl (C=O) groups is 1. The van der Waals surface area contributed by atoms with Crippen LogP contribution in [0.2, 0.25) is 4.34 Å². The Bertz CT molecular complexity index is 815. The Labute approximate surface area is 138 Å². The average Bonchev–Trinajstić information content (AvgIpc) is 2.82. The molecule has 0 saturated heterocycles. The number of hydrogen-bond acceptors (Lipinski definition) is 4. The summed E-state index contributed by atoms with van der Waals surface area (Å²) in [5.41, 5.74) is 1.00. The van der Waals surface area contributed by atoms with Crippen molar-refractivity contribution in [3.63, 3.8) is 0 Å². The molecule has 0 radical (unpaired) electrons. The molecule has 0 aliphatic rings. The van der Waals surface area contributed by atoms with Gasteiger partial charge in [0.15, 0.2) is 0 Å².